The second-order valence-corrected chi connectivity index (χ2v) is 6.70. The minimum absolute atomic E-state index is 0.0280. The quantitative estimate of drug-likeness (QED) is 0.790. The van der Waals surface area contributed by atoms with Gasteiger partial charge in [-0.05, 0) is 18.2 Å². The van der Waals surface area contributed by atoms with Crippen molar-refractivity contribution >= 4 is 13.3 Å². The molecule has 0 unspecified atom stereocenters. The molecular weight excluding hydrogens is 289 g/mol. The molecule has 0 amide bonds. The van der Waals surface area contributed by atoms with Gasteiger partial charge in [-0.25, -0.2) is 0 Å². The molecule has 0 aliphatic heterocycles. The van der Waals surface area contributed by atoms with E-state index in [1.54, 1.807) is 18.2 Å². The van der Waals surface area contributed by atoms with Gasteiger partial charge in [0.15, 0.2) is 5.78 Å². The van der Waals surface area contributed by atoms with Gasteiger partial charge in [0.2, 0.25) is 0 Å². The van der Waals surface area contributed by atoms with Gasteiger partial charge < -0.3 is 19.5 Å². The third-order valence-corrected chi connectivity index (χ3v) is 5.19. The van der Waals surface area contributed by atoms with Crippen LogP contribution in [0.3, 0.4) is 0 Å². The Morgan fingerprint density at radius 1 is 1.00 bits per heavy atom. The van der Waals surface area contributed by atoms with Gasteiger partial charge in [-0.15, -0.1) is 0 Å². The molecule has 2 aromatic rings. The Hall–Kier alpha value is -1.81. The lowest BCUT2D eigenvalue weighted by molar-refractivity contribution is 0.268. The van der Waals surface area contributed by atoms with Crippen LogP contribution in [0.15, 0.2) is 54.6 Å². The number of anilines is 1. The van der Waals surface area contributed by atoms with Crippen LogP contribution in [0.25, 0.3) is 0 Å². The first-order valence-electron chi connectivity index (χ1n) is 6.41. The number of para-hydroxylation sites is 2. The molecule has 5 nitrogen and oxygen atoms in total. The molecule has 2 N–H and O–H groups in total. The van der Waals surface area contributed by atoms with E-state index in [9.17, 15) is 9.67 Å². The maximum Gasteiger partial charge on any atom is 0.356 e. The second-order valence-electron chi connectivity index (χ2n) is 4.38. The van der Waals surface area contributed by atoms with Gasteiger partial charge >= 0.3 is 7.60 Å². The summed E-state index contributed by atoms with van der Waals surface area (Å²) in [5, 5.41) is 13.1. The lowest BCUT2D eigenvalue weighted by Crippen LogP contribution is -2.13. The summed E-state index contributed by atoms with van der Waals surface area (Å²) >= 11 is 0. The van der Waals surface area contributed by atoms with Crippen molar-refractivity contribution in [3.8, 4) is 5.75 Å². The van der Waals surface area contributed by atoms with Gasteiger partial charge in [0, 0.05) is 25.5 Å². The van der Waals surface area contributed by atoms with Crippen LogP contribution in [0, 0.1) is 0 Å². The highest BCUT2D eigenvalue weighted by Gasteiger charge is 2.37. The minimum atomic E-state index is -3.48. The molecule has 0 bridgehead atoms. The number of rotatable bonds is 6. The van der Waals surface area contributed by atoms with Crippen LogP contribution in [0.1, 0.15) is 11.3 Å². The first-order valence-corrected chi connectivity index (χ1v) is 8.02. The van der Waals surface area contributed by atoms with Gasteiger partial charge in [-0.1, -0.05) is 36.4 Å². The van der Waals surface area contributed by atoms with Crippen molar-refractivity contribution in [3.63, 3.8) is 0 Å². The third kappa shape index (κ3) is 3.45. The number of hydrogen-bond donors (Lipinski definition) is 2. The van der Waals surface area contributed by atoms with Crippen LogP contribution in [0.4, 0.5) is 5.69 Å². The van der Waals surface area contributed by atoms with Crippen molar-refractivity contribution in [2.45, 2.75) is 5.78 Å². The molecule has 0 saturated heterocycles. The number of phenols is 1. The van der Waals surface area contributed by atoms with Gasteiger partial charge in [-0.2, -0.15) is 0 Å². The van der Waals surface area contributed by atoms with Gasteiger partial charge in [-0.3, -0.25) is 4.57 Å². The minimum Gasteiger partial charge on any atom is -0.508 e. The highest BCUT2D eigenvalue weighted by molar-refractivity contribution is 7.54. The summed E-state index contributed by atoms with van der Waals surface area (Å²) in [6.07, 6.45) is 0. The highest BCUT2D eigenvalue weighted by atomic mass is 31.2. The molecule has 0 saturated carbocycles. The summed E-state index contributed by atoms with van der Waals surface area (Å²) in [4.78, 5) is 0. The average Bonchev–Trinajstić information content (AvgIpc) is 2.54. The molecule has 1 atom stereocenters. The molecule has 112 valence electrons. The van der Waals surface area contributed by atoms with Crippen LogP contribution in [-0.4, -0.2) is 19.3 Å². The number of hydrogen-bond acceptors (Lipinski definition) is 5. The average molecular weight is 307 g/mol. The van der Waals surface area contributed by atoms with E-state index in [0.29, 0.717) is 5.56 Å². The Kier molecular flexibility index (Phi) is 5.02. The molecule has 0 aromatic heterocycles. The highest BCUT2D eigenvalue weighted by Crippen LogP contribution is 2.60. The van der Waals surface area contributed by atoms with Crippen LogP contribution < -0.4 is 5.32 Å². The Morgan fingerprint density at radius 2 is 1.57 bits per heavy atom. The first kappa shape index (κ1) is 15.6. The number of phenolic OH excluding ortho intramolecular Hbond substituents is 1. The summed E-state index contributed by atoms with van der Waals surface area (Å²) < 4.78 is 23.0. The van der Waals surface area contributed by atoms with Crippen molar-refractivity contribution in [3.05, 3.63) is 60.2 Å². The maximum atomic E-state index is 12.8. The van der Waals surface area contributed by atoms with Gasteiger partial charge in [0.25, 0.3) is 0 Å². The molecule has 21 heavy (non-hydrogen) atoms. The Morgan fingerprint density at radius 3 is 2.14 bits per heavy atom. The standard InChI is InChI=1S/C15H18NO4P/c1-19-21(18,20-2)15(13-10-6-7-11-14(13)17)16-12-8-4-3-5-9-12/h3-11,15-17H,1-2H3/t15-/m1/s1. The van der Waals surface area contributed by atoms with Crippen molar-refractivity contribution in [2.24, 2.45) is 0 Å². The summed E-state index contributed by atoms with van der Waals surface area (Å²) in [5.74, 6) is -0.781. The predicted molar refractivity (Wildman–Crippen MR) is 82.5 cm³/mol. The molecule has 0 aliphatic rings. The van der Waals surface area contributed by atoms with Crippen LogP contribution in [-0.2, 0) is 13.6 Å². The Bertz CT molecular complexity index is 625. The van der Waals surface area contributed by atoms with E-state index in [2.05, 4.69) is 5.32 Å². The number of nitrogens with one attached hydrogen (secondary N) is 1. The maximum absolute atomic E-state index is 12.8. The lowest BCUT2D eigenvalue weighted by Gasteiger charge is -2.27. The molecule has 0 heterocycles. The van der Waals surface area contributed by atoms with Crippen molar-refractivity contribution < 1.29 is 18.7 Å². The van der Waals surface area contributed by atoms with Crippen molar-refractivity contribution in [1.82, 2.24) is 0 Å². The molecule has 0 aliphatic carbocycles. The van der Waals surface area contributed by atoms with E-state index < -0.39 is 13.4 Å². The van der Waals surface area contributed by atoms with Crippen LogP contribution in [0.5, 0.6) is 5.75 Å². The number of benzene rings is 2. The van der Waals surface area contributed by atoms with Gasteiger partial charge in [0.05, 0.1) is 0 Å². The SMILES string of the molecule is COP(=O)(OC)[C@@H](Nc1ccccc1)c1ccccc1O. The molecular formula is C15H18NO4P. The first-order chi connectivity index (χ1) is 10.1. The van der Waals surface area contributed by atoms with E-state index in [1.165, 1.54) is 20.3 Å². The summed E-state index contributed by atoms with van der Waals surface area (Å²) in [5.41, 5.74) is 1.20. The van der Waals surface area contributed by atoms with Crippen LogP contribution >= 0.6 is 7.60 Å². The molecule has 0 fully saturated rings. The lowest BCUT2D eigenvalue weighted by atomic mass is 10.2. The van der Waals surface area contributed by atoms with E-state index in [0.717, 1.165) is 5.69 Å². The van der Waals surface area contributed by atoms with E-state index in [-0.39, 0.29) is 5.75 Å². The largest absolute Gasteiger partial charge is 0.508 e. The summed E-state index contributed by atoms with van der Waals surface area (Å²) in [6, 6.07) is 15.9. The molecule has 2 rings (SSSR count). The summed E-state index contributed by atoms with van der Waals surface area (Å²) in [6.45, 7) is 0. The zero-order chi connectivity index (χ0) is 15.3. The van der Waals surface area contributed by atoms with Crippen molar-refractivity contribution in [1.29, 1.82) is 0 Å². The smallest absolute Gasteiger partial charge is 0.356 e. The fraction of sp³-hybridized carbons (Fsp3) is 0.200. The van der Waals surface area contributed by atoms with E-state index in [1.807, 2.05) is 30.3 Å². The summed E-state index contributed by atoms with van der Waals surface area (Å²) in [7, 11) is -0.830. The fourth-order valence-electron chi connectivity index (χ4n) is 2.02. The Balaban J connectivity index is 2.45. The molecule has 0 radical (unpaired) electrons. The van der Waals surface area contributed by atoms with Crippen LogP contribution in [0.2, 0.25) is 0 Å². The monoisotopic (exact) mass is 307 g/mol. The molecule has 0 spiro atoms. The van der Waals surface area contributed by atoms with E-state index in [4.69, 9.17) is 9.05 Å². The normalized spacial score (nSPS) is 12.9. The second kappa shape index (κ2) is 6.76. The van der Waals surface area contributed by atoms with Crippen molar-refractivity contribution in [2.75, 3.05) is 19.5 Å². The molecule has 6 heteroatoms. The fourth-order valence-corrected chi connectivity index (χ4v) is 3.46. The zero-order valence-corrected chi connectivity index (χ0v) is 12.8. The zero-order valence-electron chi connectivity index (χ0n) is 11.9. The topological polar surface area (TPSA) is 67.8 Å². The third-order valence-electron chi connectivity index (χ3n) is 3.13. The molecule has 2 aromatic carbocycles. The van der Waals surface area contributed by atoms with E-state index >= 15 is 0 Å². The Labute approximate surface area is 124 Å². The van der Waals surface area contributed by atoms with Gasteiger partial charge in [0.1, 0.15) is 5.75 Å². The number of aromatic hydroxyl groups is 1. The predicted octanol–water partition coefficient (Wildman–Crippen LogP) is 3.99.